The Morgan fingerprint density at radius 1 is 1.25 bits per heavy atom. The highest BCUT2D eigenvalue weighted by molar-refractivity contribution is 5.79. The minimum absolute atomic E-state index is 0.365. The van der Waals surface area contributed by atoms with Crippen molar-refractivity contribution in [2.75, 3.05) is 0 Å². The molecule has 86 valence electrons. The van der Waals surface area contributed by atoms with Crippen molar-refractivity contribution >= 4 is 5.97 Å². The molecule has 0 saturated carbocycles. The Morgan fingerprint density at radius 3 is 2.38 bits per heavy atom. The largest absolute Gasteiger partial charge is 0.478 e. The van der Waals surface area contributed by atoms with Gasteiger partial charge in [0, 0.05) is 12.1 Å². The summed E-state index contributed by atoms with van der Waals surface area (Å²) in [6.07, 6.45) is 2.58. The van der Waals surface area contributed by atoms with E-state index in [9.17, 15) is 4.79 Å². The lowest BCUT2D eigenvalue weighted by Crippen LogP contribution is -2.10. The molecule has 0 aliphatic heterocycles. The molecule has 0 fully saturated rings. The van der Waals surface area contributed by atoms with E-state index in [0.717, 1.165) is 17.2 Å². The van der Waals surface area contributed by atoms with Gasteiger partial charge in [-0.1, -0.05) is 18.2 Å². The first kappa shape index (κ1) is 12.5. The van der Waals surface area contributed by atoms with E-state index < -0.39 is 5.97 Å². The number of carboxylic acids is 1. The molecule has 0 amide bonds. The second-order valence-corrected chi connectivity index (χ2v) is 4.02. The summed E-state index contributed by atoms with van der Waals surface area (Å²) in [6, 6.07) is 3.72. The summed E-state index contributed by atoms with van der Waals surface area (Å²) in [5.41, 5.74) is 10.4. The van der Waals surface area contributed by atoms with Crippen LogP contribution in [-0.2, 0) is 4.79 Å². The zero-order chi connectivity index (χ0) is 12.3. The Morgan fingerprint density at radius 2 is 1.81 bits per heavy atom. The molecule has 1 rings (SSSR count). The van der Waals surface area contributed by atoms with Gasteiger partial charge < -0.3 is 10.8 Å². The van der Waals surface area contributed by atoms with E-state index in [4.69, 9.17) is 10.8 Å². The quantitative estimate of drug-likeness (QED) is 0.766. The maximum absolute atomic E-state index is 10.4. The molecule has 0 aromatic heterocycles. The number of nitrogens with two attached hydrogens (primary N) is 1. The number of carboxylic acid groups (broad SMARTS) is 1. The van der Waals surface area contributed by atoms with E-state index in [1.165, 1.54) is 17.2 Å². The Labute approximate surface area is 95.6 Å². The molecular formula is C13H17NO2. The monoisotopic (exact) mass is 219 g/mol. The molecule has 0 saturated heterocycles. The molecule has 1 atom stereocenters. The molecule has 0 aliphatic rings. The fraction of sp³-hybridized carbons (Fsp3) is 0.308. The average Bonchev–Trinajstić information content (AvgIpc) is 2.20. The molecule has 0 radical (unpaired) electrons. The van der Waals surface area contributed by atoms with E-state index in [2.05, 4.69) is 6.07 Å². The first-order chi connectivity index (χ1) is 7.41. The van der Waals surface area contributed by atoms with Crippen molar-refractivity contribution in [3.8, 4) is 0 Å². The van der Waals surface area contributed by atoms with Gasteiger partial charge in [0.1, 0.15) is 0 Å². The van der Waals surface area contributed by atoms with E-state index in [-0.39, 0.29) is 6.04 Å². The SMILES string of the molecule is Cc1cc(C)c(C(N)/C=C/C(=O)O)cc1C. The second kappa shape index (κ2) is 4.94. The molecular weight excluding hydrogens is 202 g/mol. The van der Waals surface area contributed by atoms with Crippen LogP contribution in [0.1, 0.15) is 28.3 Å². The van der Waals surface area contributed by atoms with Crippen molar-refractivity contribution < 1.29 is 9.90 Å². The van der Waals surface area contributed by atoms with Crippen molar-refractivity contribution in [3.63, 3.8) is 0 Å². The molecule has 3 N–H and O–H groups in total. The van der Waals surface area contributed by atoms with E-state index in [1.807, 2.05) is 26.8 Å². The van der Waals surface area contributed by atoms with Crippen molar-refractivity contribution in [1.29, 1.82) is 0 Å². The average molecular weight is 219 g/mol. The van der Waals surface area contributed by atoms with Crippen LogP contribution < -0.4 is 5.73 Å². The third-order valence-corrected chi connectivity index (χ3v) is 2.69. The van der Waals surface area contributed by atoms with Gasteiger partial charge in [-0.25, -0.2) is 4.79 Å². The standard InChI is InChI=1S/C13H17NO2/c1-8-6-10(3)11(7-9(8)2)12(14)4-5-13(15)16/h4-7,12H,14H2,1-3H3,(H,15,16)/b5-4+. The van der Waals surface area contributed by atoms with E-state index in [0.29, 0.717) is 0 Å². The Balaban J connectivity index is 3.04. The predicted octanol–water partition coefficient (Wildman–Crippen LogP) is 2.25. The topological polar surface area (TPSA) is 63.3 Å². The number of carbonyl (C=O) groups is 1. The molecule has 3 heteroatoms. The highest BCUT2D eigenvalue weighted by Crippen LogP contribution is 2.21. The minimum Gasteiger partial charge on any atom is -0.478 e. The third kappa shape index (κ3) is 2.94. The molecule has 0 aliphatic carbocycles. The van der Waals surface area contributed by atoms with Gasteiger partial charge >= 0.3 is 5.97 Å². The summed E-state index contributed by atoms with van der Waals surface area (Å²) in [7, 11) is 0. The zero-order valence-corrected chi connectivity index (χ0v) is 9.82. The second-order valence-electron chi connectivity index (χ2n) is 4.02. The van der Waals surface area contributed by atoms with Gasteiger partial charge in [-0.05, 0) is 43.0 Å². The fourth-order valence-corrected chi connectivity index (χ4v) is 1.63. The van der Waals surface area contributed by atoms with Crippen molar-refractivity contribution in [1.82, 2.24) is 0 Å². The van der Waals surface area contributed by atoms with Gasteiger partial charge in [-0.2, -0.15) is 0 Å². The third-order valence-electron chi connectivity index (χ3n) is 2.69. The van der Waals surface area contributed by atoms with Crippen LogP contribution in [0, 0.1) is 20.8 Å². The van der Waals surface area contributed by atoms with Crippen LogP contribution in [0.5, 0.6) is 0 Å². The van der Waals surface area contributed by atoms with Gasteiger partial charge in [0.05, 0.1) is 0 Å². The number of aliphatic carboxylic acids is 1. The number of hydrogen-bond donors (Lipinski definition) is 2. The van der Waals surface area contributed by atoms with Crippen LogP contribution in [0.2, 0.25) is 0 Å². The lowest BCUT2D eigenvalue weighted by molar-refractivity contribution is -0.131. The summed E-state index contributed by atoms with van der Waals surface area (Å²) in [5, 5.41) is 8.53. The van der Waals surface area contributed by atoms with Crippen LogP contribution in [0.3, 0.4) is 0 Å². The normalized spacial score (nSPS) is 13.0. The molecule has 1 unspecified atom stereocenters. The Hall–Kier alpha value is -1.61. The highest BCUT2D eigenvalue weighted by Gasteiger charge is 2.07. The van der Waals surface area contributed by atoms with Gasteiger partial charge in [-0.3, -0.25) is 0 Å². The van der Waals surface area contributed by atoms with Crippen molar-refractivity contribution in [2.45, 2.75) is 26.8 Å². The summed E-state index contributed by atoms with van der Waals surface area (Å²) in [6.45, 7) is 6.05. The molecule has 16 heavy (non-hydrogen) atoms. The van der Waals surface area contributed by atoms with Crippen molar-refractivity contribution in [2.24, 2.45) is 5.73 Å². The molecule has 0 spiro atoms. The van der Waals surface area contributed by atoms with Crippen LogP contribution in [0.4, 0.5) is 0 Å². The molecule has 1 aromatic carbocycles. The highest BCUT2D eigenvalue weighted by atomic mass is 16.4. The number of benzene rings is 1. The molecule has 0 heterocycles. The van der Waals surface area contributed by atoms with Gasteiger partial charge in [0.15, 0.2) is 0 Å². The first-order valence-electron chi connectivity index (χ1n) is 5.16. The number of rotatable bonds is 3. The maximum Gasteiger partial charge on any atom is 0.328 e. The summed E-state index contributed by atoms with van der Waals surface area (Å²) >= 11 is 0. The minimum atomic E-state index is -0.975. The number of hydrogen-bond acceptors (Lipinski definition) is 2. The lowest BCUT2D eigenvalue weighted by Gasteiger charge is -2.13. The van der Waals surface area contributed by atoms with Crippen LogP contribution in [-0.4, -0.2) is 11.1 Å². The number of aryl methyl sites for hydroxylation is 3. The van der Waals surface area contributed by atoms with E-state index >= 15 is 0 Å². The van der Waals surface area contributed by atoms with Gasteiger partial charge in [-0.15, -0.1) is 0 Å². The van der Waals surface area contributed by atoms with Crippen LogP contribution >= 0.6 is 0 Å². The molecule has 3 nitrogen and oxygen atoms in total. The van der Waals surface area contributed by atoms with Crippen molar-refractivity contribution in [3.05, 3.63) is 46.5 Å². The Kier molecular flexibility index (Phi) is 3.85. The summed E-state index contributed by atoms with van der Waals surface area (Å²) in [5.74, 6) is -0.975. The maximum atomic E-state index is 10.4. The summed E-state index contributed by atoms with van der Waals surface area (Å²) in [4.78, 5) is 10.4. The summed E-state index contributed by atoms with van der Waals surface area (Å²) < 4.78 is 0. The predicted molar refractivity (Wildman–Crippen MR) is 64.4 cm³/mol. The van der Waals surface area contributed by atoms with E-state index in [1.54, 1.807) is 0 Å². The smallest absolute Gasteiger partial charge is 0.328 e. The zero-order valence-electron chi connectivity index (χ0n) is 9.82. The van der Waals surface area contributed by atoms with Crippen LogP contribution in [0.15, 0.2) is 24.3 Å². The fourth-order valence-electron chi connectivity index (χ4n) is 1.63. The van der Waals surface area contributed by atoms with Crippen LogP contribution in [0.25, 0.3) is 0 Å². The molecule has 0 bridgehead atoms. The molecule has 1 aromatic rings. The first-order valence-corrected chi connectivity index (χ1v) is 5.16. The lowest BCUT2D eigenvalue weighted by atomic mass is 9.96. The van der Waals surface area contributed by atoms with Gasteiger partial charge in [0.25, 0.3) is 0 Å². The Bertz CT molecular complexity index is 436. The van der Waals surface area contributed by atoms with Gasteiger partial charge in [0.2, 0.25) is 0 Å².